The summed E-state index contributed by atoms with van der Waals surface area (Å²) in [6.45, 7) is 5.73. The normalized spacial score (nSPS) is 10.4. The molecule has 0 heterocycles. The van der Waals surface area contributed by atoms with E-state index in [-0.39, 0.29) is 24.9 Å². The van der Waals surface area contributed by atoms with Gasteiger partial charge in [0.15, 0.2) is 18.2 Å². The van der Waals surface area contributed by atoms with E-state index < -0.39 is 11.8 Å². The lowest BCUT2D eigenvalue weighted by Gasteiger charge is -2.10. The average molecular weight is 240 g/mol. The third kappa shape index (κ3) is 4.06. The first-order chi connectivity index (χ1) is 8.04. The van der Waals surface area contributed by atoms with Crippen LogP contribution in [-0.2, 0) is 9.53 Å². The molecule has 0 fully saturated rings. The van der Waals surface area contributed by atoms with E-state index in [1.54, 1.807) is 19.1 Å². The Balaban J connectivity index is 2.69. The Labute approximate surface area is 101 Å². The van der Waals surface area contributed by atoms with Crippen molar-refractivity contribution < 1.29 is 18.7 Å². The number of halogens is 1. The third-order valence-electron chi connectivity index (χ3n) is 2.27. The largest absolute Gasteiger partial charge is 0.479 e. The highest BCUT2D eigenvalue weighted by molar-refractivity contribution is 5.71. The summed E-state index contributed by atoms with van der Waals surface area (Å²) in [5, 5.41) is 0. The molecule has 0 aliphatic rings. The first-order valence-corrected chi connectivity index (χ1v) is 5.62. The van der Waals surface area contributed by atoms with Gasteiger partial charge in [0.25, 0.3) is 0 Å². The lowest BCUT2D eigenvalue weighted by atomic mass is 10.0. The van der Waals surface area contributed by atoms with Crippen molar-refractivity contribution in [3.8, 4) is 5.75 Å². The molecule has 94 valence electrons. The number of carbonyl (C=O) groups excluding carboxylic acids is 1. The highest BCUT2D eigenvalue weighted by atomic mass is 19.1. The number of hydrogen-bond acceptors (Lipinski definition) is 3. The molecule has 0 saturated heterocycles. The van der Waals surface area contributed by atoms with E-state index in [1.165, 1.54) is 6.07 Å². The van der Waals surface area contributed by atoms with Crippen molar-refractivity contribution in [2.45, 2.75) is 26.7 Å². The smallest absolute Gasteiger partial charge is 0.344 e. The molecule has 0 aliphatic carbocycles. The molecule has 0 unspecified atom stereocenters. The van der Waals surface area contributed by atoms with Gasteiger partial charge in [0, 0.05) is 0 Å². The molecule has 1 aromatic rings. The Hall–Kier alpha value is -1.58. The Morgan fingerprint density at radius 1 is 1.41 bits per heavy atom. The van der Waals surface area contributed by atoms with E-state index >= 15 is 0 Å². The maximum Gasteiger partial charge on any atom is 0.344 e. The van der Waals surface area contributed by atoms with Gasteiger partial charge in [-0.1, -0.05) is 19.9 Å². The van der Waals surface area contributed by atoms with Crippen molar-refractivity contribution in [2.75, 3.05) is 13.2 Å². The zero-order chi connectivity index (χ0) is 12.8. The van der Waals surface area contributed by atoms with E-state index in [0.29, 0.717) is 0 Å². The Bertz CT molecular complexity index is 388. The third-order valence-corrected chi connectivity index (χ3v) is 2.27. The number of rotatable bonds is 5. The van der Waals surface area contributed by atoms with E-state index in [1.807, 2.05) is 13.8 Å². The van der Waals surface area contributed by atoms with Crippen LogP contribution in [0, 0.1) is 5.82 Å². The predicted molar refractivity (Wildman–Crippen MR) is 62.6 cm³/mol. The van der Waals surface area contributed by atoms with Crippen molar-refractivity contribution in [3.05, 3.63) is 29.6 Å². The molecule has 0 bridgehead atoms. The monoisotopic (exact) mass is 240 g/mol. The molecule has 0 N–H and O–H groups in total. The fourth-order valence-electron chi connectivity index (χ4n) is 1.33. The highest BCUT2D eigenvalue weighted by Gasteiger charge is 2.09. The topological polar surface area (TPSA) is 35.5 Å². The minimum Gasteiger partial charge on any atom is -0.479 e. The molecule has 0 saturated carbocycles. The van der Waals surface area contributed by atoms with Crippen LogP contribution in [0.3, 0.4) is 0 Å². The number of hydrogen-bond donors (Lipinski definition) is 0. The molecular formula is C13H17FO3. The zero-order valence-electron chi connectivity index (χ0n) is 10.3. The summed E-state index contributed by atoms with van der Waals surface area (Å²) in [7, 11) is 0. The van der Waals surface area contributed by atoms with Crippen LogP contribution in [-0.4, -0.2) is 19.2 Å². The molecule has 4 heteroatoms. The second-order valence-corrected chi connectivity index (χ2v) is 3.94. The van der Waals surface area contributed by atoms with Gasteiger partial charge in [-0.05, 0) is 30.5 Å². The highest BCUT2D eigenvalue weighted by Crippen LogP contribution is 2.23. The molecule has 0 spiro atoms. The van der Waals surface area contributed by atoms with Gasteiger partial charge in [-0.15, -0.1) is 0 Å². The maximum absolute atomic E-state index is 13.4. The van der Waals surface area contributed by atoms with Crippen LogP contribution in [0.1, 0.15) is 32.3 Å². The molecule has 3 nitrogen and oxygen atoms in total. The molecule has 1 aromatic carbocycles. The summed E-state index contributed by atoms with van der Waals surface area (Å²) in [4.78, 5) is 11.1. The van der Waals surface area contributed by atoms with Crippen molar-refractivity contribution >= 4 is 5.97 Å². The maximum atomic E-state index is 13.4. The second-order valence-electron chi connectivity index (χ2n) is 3.94. The summed E-state index contributed by atoms with van der Waals surface area (Å²) in [6.07, 6.45) is 0. The van der Waals surface area contributed by atoms with Crippen LogP contribution >= 0.6 is 0 Å². The lowest BCUT2D eigenvalue weighted by Crippen LogP contribution is -2.15. The fraction of sp³-hybridized carbons (Fsp3) is 0.462. The van der Waals surface area contributed by atoms with Gasteiger partial charge in [-0.3, -0.25) is 0 Å². The van der Waals surface area contributed by atoms with E-state index in [0.717, 1.165) is 5.56 Å². The summed E-state index contributed by atoms with van der Waals surface area (Å²) in [5.74, 6) is -0.606. The molecule has 0 atom stereocenters. The molecule has 17 heavy (non-hydrogen) atoms. The zero-order valence-corrected chi connectivity index (χ0v) is 10.3. The molecule has 0 aliphatic heterocycles. The Morgan fingerprint density at radius 2 is 2.12 bits per heavy atom. The van der Waals surface area contributed by atoms with Gasteiger partial charge in [0.05, 0.1) is 6.61 Å². The van der Waals surface area contributed by atoms with Crippen LogP contribution in [0.4, 0.5) is 4.39 Å². The van der Waals surface area contributed by atoms with Crippen molar-refractivity contribution in [1.82, 2.24) is 0 Å². The standard InChI is InChI=1S/C13H17FO3/c1-4-16-13(15)8-17-12-7-10(9(2)3)5-6-11(12)14/h5-7,9H,4,8H2,1-3H3. The number of esters is 1. The molecule has 0 aromatic heterocycles. The quantitative estimate of drug-likeness (QED) is 0.742. The minimum atomic E-state index is -0.498. The summed E-state index contributed by atoms with van der Waals surface area (Å²) in [6, 6.07) is 4.66. The van der Waals surface area contributed by atoms with E-state index in [4.69, 9.17) is 9.47 Å². The van der Waals surface area contributed by atoms with Crippen LogP contribution in [0.15, 0.2) is 18.2 Å². The average Bonchev–Trinajstić information content (AvgIpc) is 2.28. The van der Waals surface area contributed by atoms with Crippen LogP contribution < -0.4 is 4.74 Å². The first-order valence-electron chi connectivity index (χ1n) is 5.62. The van der Waals surface area contributed by atoms with Crippen molar-refractivity contribution in [3.63, 3.8) is 0 Å². The number of carbonyl (C=O) groups is 1. The second kappa shape index (κ2) is 6.23. The molecule has 0 radical (unpaired) electrons. The van der Waals surface area contributed by atoms with Gasteiger partial charge in [-0.2, -0.15) is 0 Å². The van der Waals surface area contributed by atoms with Crippen molar-refractivity contribution in [1.29, 1.82) is 0 Å². The molecule has 0 amide bonds. The minimum absolute atomic E-state index is 0.0873. The fourth-order valence-corrected chi connectivity index (χ4v) is 1.33. The first kappa shape index (κ1) is 13.5. The van der Waals surface area contributed by atoms with E-state index in [2.05, 4.69) is 0 Å². The number of ether oxygens (including phenoxy) is 2. The summed E-state index contributed by atoms with van der Waals surface area (Å²) >= 11 is 0. The molecule has 1 rings (SSSR count). The van der Waals surface area contributed by atoms with Crippen LogP contribution in [0.2, 0.25) is 0 Å². The summed E-state index contributed by atoms with van der Waals surface area (Å²) < 4.78 is 23.2. The SMILES string of the molecule is CCOC(=O)COc1cc(C(C)C)ccc1F. The molecular weight excluding hydrogens is 223 g/mol. The van der Waals surface area contributed by atoms with Gasteiger partial charge in [0.2, 0.25) is 0 Å². The predicted octanol–water partition coefficient (Wildman–Crippen LogP) is 2.89. The van der Waals surface area contributed by atoms with Gasteiger partial charge in [0.1, 0.15) is 0 Å². The lowest BCUT2D eigenvalue weighted by molar-refractivity contribution is -0.145. The van der Waals surface area contributed by atoms with Gasteiger partial charge >= 0.3 is 5.97 Å². The summed E-state index contributed by atoms with van der Waals surface area (Å²) in [5.41, 5.74) is 0.963. The Morgan fingerprint density at radius 3 is 2.71 bits per heavy atom. The van der Waals surface area contributed by atoms with Gasteiger partial charge in [-0.25, -0.2) is 9.18 Å². The Kier molecular flexibility index (Phi) is 4.94. The van der Waals surface area contributed by atoms with Crippen LogP contribution in [0.5, 0.6) is 5.75 Å². The van der Waals surface area contributed by atoms with Crippen molar-refractivity contribution in [2.24, 2.45) is 0 Å². The van der Waals surface area contributed by atoms with Gasteiger partial charge < -0.3 is 9.47 Å². The van der Waals surface area contributed by atoms with E-state index in [9.17, 15) is 9.18 Å². The number of benzene rings is 1. The van der Waals surface area contributed by atoms with Crippen LogP contribution in [0.25, 0.3) is 0 Å².